The van der Waals surface area contributed by atoms with Crippen molar-refractivity contribution in [3.63, 3.8) is 0 Å². The Morgan fingerprint density at radius 1 is 1.50 bits per heavy atom. The highest BCUT2D eigenvalue weighted by atomic mass is 16.2. The quantitative estimate of drug-likeness (QED) is 0.859. The lowest BCUT2D eigenvalue weighted by atomic mass is 9.99. The zero-order valence-corrected chi connectivity index (χ0v) is 12.4. The number of aryl methyl sites for hydroxylation is 1. The number of amides is 1. The third-order valence-corrected chi connectivity index (χ3v) is 4.02. The standard InChI is InChI=1S/C16H17N5O/c1-20(16(22)14-4-2-12(8-17)9-19-14)10-13-3-5-15-18-6-7-21(15)11-13/h2,4,6-7,9,13H,3,5,10-11H2,1H3. The van der Waals surface area contributed by atoms with Gasteiger partial charge in [0.05, 0.1) is 5.56 Å². The fourth-order valence-corrected chi connectivity index (χ4v) is 2.84. The maximum absolute atomic E-state index is 12.4. The van der Waals surface area contributed by atoms with Crippen molar-refractivity contribution >= 4 is 5.91 Å². The summed E-state index contributed by atoms with van der Waals surface area (Å²) in [5.74, 6) is 1.44. The van der Waals surface area contributed by atoms with Crippen LogP contribution in [0.3, 0.4) is 0 Å². The first-order valence-electron chi connectivity index (χ1n) is 7.29. The van der Waals surface area contributed by atoms with Crippen molar-refractivity contribution in [2.24, 2.45) is 5.92 Å². The van der Waals surface area contributed by atoms with Crippen LogP contribution in [0.25, 0.3) is 0 Å². The van der Waals surface area contributed by atoms with Gasteiger partial charge in [-0.1, -0.05) is 0 Å². The Kier molecular flexibility index (Phi) is 3.88. The summed E-state index contributed by atoms with van der Waals surface area (Å²) in [6.45, 7) is 1.59. The fourth-order valence-electron chi connectivity index (χ4n) is 2.84. The van der Waals surface area contributed by atoms with Crippen LogP contribution in [0.1, 0.15) is 28.3 Å². The molecule has 0 bridgehead atoms. The number of imidazole rings is 1. The van der Waals surface area contributed by atoms with Crippen LogP contribution in [0.4, 0.5) is 0 Å². The molecule has 22 heavy (non-hydrogen) atoms. The van der Waals surface area contributed by atoms with E-state index in [0.29, 0.717) is 23.7 Å². The van der Waals surface area contributed by atoms with Crippen molar-refractivity contribution in [2.75, 3.05) is 13.6 Å². The number of carbonyl (C=O) groups is 1. The average Bonchev–Trinajstić information content (AvgIpc) is 3.02. The molecule has 2 aromatic rings. The molecule has 0 fully saturated rings. The van der Waals surface area contributed by atoms with Crippen LogP contribution in [0.5, 0.6) is 0 Å². The van der Waals surface area contributed by atoms with Gasteiger partial charge in [-0.05, 0) is 24.5 Å². The Hall–Kier alpha value is -2.68. The molecule has 6 nitrogen and oxygen atoms in total. The van der Waals surface area contributed by atoms with Crippen molar-refractivity contribution in [3.8, 4) is 6.07 Å². The lowest BCUT2D eigenvalue weighted by molar-refractivity contribution is 0.0754. The maximum atomic E-state index is 12.4. The van der Waals surface area contributed by atoms with Crippen molar-refractivity contribution in [2.45, 2.75) is 19.4 Å². The fraction of sp³-hybridized carbons (Fsp3) is 0.375. The molecule has 0 aromatic carbocycles. The highest BCUT2D eigenvalue weighted by molar-refractivity contribution is 5.92. The molecule has 0 saturated carbocycles. The van der Waals surface area contributed by atoms with E-state index in [0.717, 1.165) is 25.2 Å². The number of nitrogens with zero attached hydrogens (tertiary/aromatic N) is 5. The van der Waals surface area contributed by atoms with Crippen LogP contribution in [-0.4, -0.2) is 38.9 Å². The summed E-state index contributed by atoms with van der Waals surface area (Å²) in [4.78, 5) is 22.5. The first-order valence-corrected chi connectivity index (χ1v) is 7.29. The SMILES string of the molecule is CN(CC1CCc2nccn2C1)C(=O)c1ccc(C#N)cn1. The van der Waals surface area contributed by atoms with E-state index in [1.165, 1.54) is 6.20 Å². The first kappa shape index (κ1) is 14.3. The zero-order chi connectivity index (χ0) is 15.5. The molecule has 2 aromatic heterocycles. The monoisotopic (exact) mass is 295 g/mol. The molecule has 0 saturated heterocycles. The molecule has 1 aliphatic heterocycles. The smallest absolute Gasteiger partial charge is 0.272 e. The lowest BCUT2D eigenvalue weighted by Gasteiger charge is -2.28. The molecule has 1 atom stereocenters. The van der Waals surface area contributed by atoms with Crippen molar-refractivity contribution in [3.05, 3.63) is 47.8 Å². The van der Waals surface area contributed by atoms with Crippen molar-refractivity contribution in [1.29, 1.82) is 5.26 Å². The third kappa shape index (κ3) is 2.84. The Balaban J connectivity index is 1.63. The minimum atomic E-state index is -0.110. The number of hydrogen-bond acceptors (Lipinski definition) is 4. The number of pyridine rings is 1. The predicted molar refractivity (Wildman–Crippen MR) is 80.0 cm³/mol. The largest absolute Gasteiger partial charge is 0.340 e. The molecule has 0 aliphatic carbocycles. The molecule has 3 heterocycles. The van der Waals surface area contributed by atoms with E-state index in [4.69, 9.17) is 5.26 Å². The van der Waals surface area contributed by atoms with E-state index in [9.17, 15) is 4.79 Å². The Bertz CT molecular complexity index is 713. The summed E-state index contributed by atoms with van der Waals surface area (Å²) < 4.78 is 2.16. The van der Waals surface area contributed by atoms with Crippen LogP contribution >= 0.6 is 0 Å². The second-order valence-electron chi connectivity index (χ2n) is 5.63. The van der Waals surface area contributed by atoms with E-state index in [2.05, 4.69) is 14.5 Å². The van der Waals surface area contributed by atoms with Crippen molar-refractivity contribution in [1.82, 2.24) is 19.4 Å². The summed E-state index contributed by atoms with van der Waals surface area (Å²) >= 11 is 0. The van der Waals surface area contributed by atoms with Gasteiger partial charge in [-0.15, -0.1) is 0 Å². The van der Waals surface area contributed by atoms with Gasteiger partial charge in [0.25, 0.3) is 5.91 Å². The molecule has 1 amide bonds. The molecule has 1 aliphatic rings. The zero-order valence-electron chi connectivity index (χ0n) is 12.4. The number of hydrogen-bond donors (Lipinski definition) is 0. The highest BCUT2D eigenvalue weighted by Crippen LogP contribution is 2.19. The van der Waals surface area contributed by atoms with Crippen LogP contribution in [0.15, 0.2) is 30.7 Å². The minimum Gasteiger partial charge on any atom is -0.340 e. The van der Waals surface area contributed by atoms with E-state index >= 15 is 0 Å². The molecule has 112 valence electrons. The molecule has 0 N–H and O–H groups in total. The van der Waals surface area contributed by atoms with Gasteiger partial charge < -0.3 is 9.47 Å². The van der Waals surface area contributed by atoms with Crippen LogP contribution in [0.2, 0.25) is 0 Å². The van der Waals surface area contributed by atoms with E-state index in [1.807, 2.05) is 18.5 Å². The van der Waals surface area contributed by atoms with E-state index in [-0.39, 0.29) is 5.91 Å². The topological polar surface area (TPSA) is 74.8 Å². The van der Waals surface area contributed by atoms with Gasteiger partial charge >= 0.3 is 0 Å². The number of aromatic nitrogens is 3. The van der Waals surface area contributed by atoms with Crippen LogP contribution < -0.4 is 0 Å². The lowest BCUT2D eigenvalue weighted by Crippen LogP contribution is -2.35. The summed E-state index contributed by atoms with van der Waals surface area (Å²) in [5.41, 5.74) is 0.833. The molecule has 0 radical (unpaired) electrons. The van der Waals surface area contributed by atoms with Gasteiger partial charge in [0.1, 0.15) is 17.6 Å². The maximum Gasteiger partial charge on any atom is 0.272 e. The van der Waals surface area contributed by atoms with Gasteiger partial charge in [-0.3, -0.25) is 4.79 Å². The molecule has 3 rings (SSSR count). The van der Waals surface area contributed by atoms with Crippen LogP contribution in [0, 0.1) is 17.2 Å². The summed E-state index contributed by atoms with van der Waals surface area (Å²) in [6, 6.07) is 5.22. The van der Waals surface area contributed by atoms with Crippen LogP contribution in [-0.2, 0) is 13.0 Å². The highest BCUT2D eigenvalue weighted by Gasteiger charge is 2.22. The molecule has 6 heteroatoms. The molecular formula is C16H17N5O. The average molecular weight is 295 g/mol. The Morgan fingerprint density at radius 2 is 2.36 bits per heavy atom. The second-order valence-corrected chi connectivity index (χ2v) is 5.63. The third-order valence-electron chi connectivity index (χ3n) is 4.02. The van der Waals surface area contributed by atoms with Gasteiger partial charge in [0, 0.05) is 45.1 Å². The van der Waals surface area contributed by atoms with Gasteiger partial charge in [0.2, 0.25) is 0 Å². The number of nitriles is 1. The van der Waals surface area contributed by atoms with Gasteiger partial charge in [0.15, 0.2) is 0 Å². The number of fused-ring (bicyclic) bond motifs is 1. The van der Waals surface area contributed by atoms with E-state index < -0.39 is 0 Å². The van der Waals surface area contributed by atoms with E-state index in [1.54, 1.807) is 24.1 Å². The molecule has 1 unspecified atom stereocenters. The molecular weight excluding hydrogens is 278 g/mol. The van der Waals surface area contributed by atoms with Gasteiger partial charge in [-0.2, -0.15) is 5.26 Å². The summed E-state index contributed by atoms with van der Waals surface area (Å²) in [7, 11) is 1.80. The Morgan fingerprint density at radius 3 is 3.09 bits per heavy atom. The summed E-state index contributed by atoms with van der Waals surface area (Å²) in [5, 5.41) is 8.76. The second kappa shape index (κ2) is 5.98. The predicted octanol–water partition coefficient (Wildman–Crippen LogP) is 1.48. The van der Waals surface area contributed by atoms with Gasteiger partial charge in [-0.25, -0.2) is 9.97 Å². The first-order chi connectivity index (χ1) is 10.7. The summed E-state index contributed by atoms with van der Waals surface area (Å²) in [6.07, 6.45) is 7.24. The number of carbonyl (C=O) groups excluding carboxylic acids is 1. The Labute approximate surface area is 129 Å². The minimum absolute atomic E-state index is 0.110. The number of rotatable bonds is 3. The molecule has 0 spiro atoms. The normalized spacial score (nSPS) is 16.6. The van der Waals surface area contributed by atoms with Crippen molar-refractivity contribution < 1.29 is 4.79 Å².